The highest BCUT2D eigenvalue weighted by atomic mass is 16.1. The van der Waals surface area contributed by atoms with E-state index in [1.165, 1.54) is 19.3 Å². The number of anilines is 1. The molecule has 1 heterocycles. The monoisotopic (exact) mass is 233 g/mol. The molecule has 0 aliphatic heterocycles. The summed E-state index contributed by atoms with van der Waals surface area (Å²) in [4.78, 5) is 16.2. The van der Waals surface area contributed by atoms with Crippen LogP contribution in [0.4, 0.5) is 5.82 Å². The Labute approximate surface area is 102 Å². The second-order valence-electron chi connectivity index (χ2n) is 4.44. The number of nitrogens with zero attached hydrogens (tertiary/aromatic N) is 1. The van der Waals surface area contributed by atoms with Crippen LogP contribution in [0.2, 0.25) is 0 Å². The van der Waals surface area contributed by atoms with E-state index < -0.39 is 0 Å². The average Bonchev–Trinajstić information content (AvgIpc) is 2.28. The molecular formula is C13H19N3O. The lowest BCUT2D eigenvalue weighted by Gasteiger charge is -2.25. The zero-order chi connectivity index (χ0) is 12.1. The Morgan fingerprint density at radius 2 is 2.35 bits per heavy atom. The van der Waals surface area contributed by atoms with Gasteiger partial charge in [0.05, 0.1) is 5.56 Å². The molecule has 0 saturated heterocycles. The van der Waals surface area contributed by atoms with Gasteiger partial charge < -0.3 is 10.6 Å². The van der Waals surface area contributed by atoms with Crippen LogP contribution in [0.1, 0.15) is 36.5 Å². The van der Waals surface area contributed by atoms with Crippen LogP contribution in [-0.2, 0) is 0 Å². The van der Waals surface area contributed by atoms with Crippen molar-refractivity contribution in [3.05, 3.63) is 23.9 Å². The van der Waals surface area contributed by atoms with E-state index in [0.29, 0.717) is 17.3 Å². The Morgan fingerprint density at radius 1 is 1.53 bits per heavy atom. The molecule has 17 heavy (non-hydrogen) atoms. The van der Waals surface area contributed by atoms with Gasteiger partial charge in [-0.1, -0.05) is 6.42 Å². The fourth-order valence-electron chi connectivity index (χ4n) is 1.93. The maximum absolute atomic E-state index is 12.0. The van der Waals surface area contributed by atoms with Crippen molar-refractivity contribution in [3.63, 3.8) is 0 Å². The van der Waals surface area contributed by atoms with E-state index in [4.69, 9.17) is 0 Å². The molecule has 1 fully saturated rings. The number of nitrogens with one attached hydrogen (secondary N) is 2. The van der Waals surface area contributed by atoms with Crippen LogP contribution in [0.5, 0.6) is 0 Å². The van der Waals surface area contributed by atoms with Crippen molar-refractivity contribution in [1.82, 2.24) is 10.3 Å². The largest absolute Gasteiger partial charge is 0.370 e. The Morgan fingerprint density at radius 3 is 3.00 bits per heavy atom. The highest BCUT2D eigenvalue weighted by molar-refractivity contribution is 5.98. The minimum Gasteiger partial charge on any atom is -0.370 e. The maximum Gasteiger partial charge on any atom is 0.255 e. The summed E-state index contributed by atoms with van der Waals surface area (Å²) in [6.07, 6.45) is 5.48. The fourth-order valence-corrected chi connectivity index (χ4v) is 1.93. The van der Waals surface area contributed by atoms with Crippen molar-refractivity contribution < 1.29 is 4.79 Å². The van der Waals surface area contributed by atoms with Crippen molar-refractivity contribution in [2.45, 2.75) is 26.2 Å². The number of pyridine rings is 1. The van der Waals surface area contributed by atoms with E-state index in [1.54, 1.807) is 18.3 Å². The quantitative estimate of drug-likeness (QED) is 0.818. The van der Waals surface area contributed by atoms with Gasteiger partial charge >= 0.3 is 0 Å². The molecule has 0 aromatic carbocycles. The molecule has 1 aromatic rings. The number of hydrogen-bond acceptors (Lipinski definition) is 3. The molecule has 4 nitrogen and oxygen atoms in total. The smallest absolute Gasteiger partial charge is 0.255 e. The summed E-state index contributed by atoms with van der Waals surface area (Å²) in [5, 5.41) is 6.08. The van der Waals surface area contributed by atoms with Crippen LogP contribution in [0, 0.1) is 5.92 Å². The van der Waals surface area contributed by atoms with Gasteiger partial charge in [0.2, 0.25) is 0 Å². The highest BCUT2D eigenvalue weighted by Crippen LogP contribution is 2.25. The minimum absolute atomic E-state index is 0.0269. The van der Waals surface area contributed by atoms with Crippen LogP contribution in [0.25, 0.3) is 0 Å². The first-order valence-electron chi connectivity index (χ1n) is 6.28. The van der Waals surface area contributed by atoms with Crippen molar-refractivity contribution in [2.24, 2.45) is 5.92 Å². The zero-order valence-corrected chi connectivity index (χ0v) is 10.2. The molecule has 0 radical (unpaired) electrons. The van der Waals surface area contributed by atoms with E-state index in [0.717, 1.165) is 13.1 Å². The van der Waals surface area contributed by atoms with Crippen LogP contribution in [0.3, 0.4) is 0 Å². The van der Waals surface area contributed by atoms with Crippen molar-refractivity contribution in [1.29, 1.82) is 0 Å². The number of hydrogen-bond donors (Lipinski definition) is 2. The molecule has 2 rings (SSSR count). The second kappa shape index (κ2) is 5.66. The van der Waals surface area contributed by atoms with Gasteiger partial charge in [-0.25, -0.2) is 4.98 Å². The molecule has 1 saturated carbocycles. The number of aromatic nitrogens is 1. The average molecular weight is 233 g/mol. The highest BCUT2D eigenvalue weighted by Gasteiger charge is 2.19. The first-order chi connectivity index (χ1) is 8.31. The van der Waals surface area contributed by atoms with Crippen LogP contribution < -0.4 is 10.6 Å². The lowest BCUT2D eigenvalue weighted by atomic mass is 9.85. The Bertz CT molecular complexity index is 388. The lowest BCUT2D eigenvalue weighted by Crippen LogP contribution is -2.32. The zero-order valence-electron chi connectivity index (χ0n) is 10.2. The summed E-state index contributed by atoms with van der Waals surface area (Å²) >= 11 is 0. The molecule has 4 heteroatoms. The molecule has 0 bridgehead atoms. The third-order valence-electron chi connectivity index (χ3n) is 3.17. The predicted octanol–water partition coefficient (Wildman–Crippen LogP) is 2.04. The number of amides is 1. The van der Waals surface area contributed by atoms with Gasteiger partial charge in [-0.3, -0.25) is 4.79 Å². The minimum atomic E-state index is -0.0269. The Kier molecular flexibility index (Phi) is 3.96. The standard InChI is InChI=1S/C13H19N3O/c1-2-14-12-11(7-4-8-15-12)13(17)16-9-10-5-3-6-10/h4,7-8,10H,2-3,5-6,9H2,1H3,(H,14,15)(H,16,17). The van der Waals surface area contributed by atoms with Gasteiger partial charge in [-0.15, -0.1) is 0 Å². The van der Waals surface area contributed by atoms with Crippen LogP contribution >= 0.6 is 0 Å². The van der Waals surface area contributed by atoms with E-state index in [2.05, 4.69) is 15.6 Å². The van der Waals surface area contributed by atoms with Crippen LogP contribution in [0.15, 0.2) is 18.3 Å². The summed E-state index contributed by atoms with van der Waals surface area (Å²) in [5.74, 6) is 1.32. The molecule has 1 aliphatic carbocycles. The Hall–Kier alpha value is -1.58. The van der Waals surface area contributed by atoms with Gasteiger partial charge in [0.1, 0.15) is 5.82 Å². The van der Waals surface area contributed by atoms with Gasteiger partial charge in [0, 0.05) is 19.3 Å². The summed E-state index contributed by atoms with van der Waals surface area (Å²) in [6.45, 7) is 3.55. The third-order valence-corrected chi connectivity index (χ3v) is 3.17. The third kappa shape index (κ3) is 2.96. The normalized spacial score (nSPS) is 15.1. The molecule has 0 unspecified atom stereocenters. The predicted molar refractivity (Wildman–Crippen MR) is 68.1 cm³/mol. The summed E-state index contributed by atoms with van der Waals surface area (Å²) in [7, 11) is 0. The molecule has 0 spiro atoms. The summed E-state index contributed by atoms with van der Waals surface area (Å²) in [6, 6.07) is 3.60. The lowest BCUT2D eigenvalue weighted by molar-refractivity contribution is 0.0939. The molecular weight excluding hydrogens is 214 g/mol. The van der Waals surface area contributed by atoms with Gasteiger partial charge in [0.25, 0.3) is 5.91 Å². The Balaban J connectivity index is 1.96. The SMILES string of the molecule is CCNc1ncccc1C(=O)NCC1CCC1. The van der Waals surface area contributed by atoms with Gasteiger partial charge in [-0.2, -0.15) is 0 Å². The number of carbonyl (C=O) groups is 1. The van der Waals surface area contributed by atoms with Crippen molar-refractivity contribution in [2.75, 3.05) is 18.4 Å². The summed E-state index contributed by atoms with van der Waals surface area (Å²) in [5.41, 5.74) is 0.633. The molecule has 0 atom stereocenters. The molecule has 1 aliphatic rings. The molecule has 1 amide bonds. The number of rotatable bonds is 5. The number of carbonyl (C=O) groups excluding carboxylic acids is 1. The van der Waals surface area contributed by atoms with E-state index in [9.17, 15) is 4.79 Å². The van der Waals surface area contributed by atoms with Crippen molar-refractivity contribution >= 4 is 11.7 Å². The van der Waals surface area contributed by atoms with Gasteiger partial charge in [0.15, 0.2) is 0 Å². The van der Waals surface area contributed by atoms with Gasteiger partial charge in [-0.05, 0) is 37.8 Å². The first-order valence-corrected chi connectivity index (χ1v) is 6.28. The second-order valence-corrected chi connectivity index (χ2v) is 4.44. The van der Waals surface area contributed by atoms with E-state index >= 15 is 0 Å². The summed E-state index contributed by atoms with van der Waals surface area (Å²) < 4.78 is 0. The molecule has 92 valence electrons. The fraction of sp³-hybridized carbons (Fsp3) is 0.538. The molecule has 2 N–H and O–H groups in total. The van der Waals surface area contributed by atoms with Crippen LogP contribution in [-0.4, -0.2) is 24.0 Å². The topological polar surface area (TPSA) is 54.0 Å². The van der Waals surface area contributed by atoms with E-state index in [1.807, 2.05) is 6.92 Å². The molecule has 1 aromatic heterocycles. The maximum atomic E-state index is 12.0. The first kappa shape index (κ1) is 11.9. The van der Waals surface area contributed by atoms with E-state index in [-0.39, 0.29) is 5.91 Å². The van der Waals surface area contributed by atoms with Crippen molar-refractivity contribution in [3.8, 4) is 0 Å².